The van der Waals surface area contributed by atoms with Gasteiger partial charge in [0, 0.05) is 23.0 Å². The summed E-state index contributed by atoms with van der Waals surface area (Å²) in [6.45, 7) is 7.20. The molecule has 0 radical (unpaired) electrons. The second-order valence-electron chi connectivity index (χ2n) is 5.89. The van der Waals surface area contributed by atoms with E-state index in [1.807, 2.05) is 20.8 Å². The number of hydrogen-bond donors (Lipinski definition) is 1. The normalized spacial score (nSPS) is 12.0. The summed E-state index contributed by atoms with van der Waals surface area (Å²) in [7, 11) is 0. The van der Waals surface area contributed by atoms with Gasteiger partial charge in [-0.1, -0.05) is 0 Å². The highest BCUT2D eigenvalue weighted by molar-refractivity contribution is 5.55. The molecule has 0 unspecified atom stereocenters. The van der Waals surface area contributed by atoms with Crippen LogP contribution in [0.3, 0.4) is 0 Å². The fraction of sp³-hybridized carbons (Fsp3) is 0.375. The van der Waals surface area contributed by atoms with Crippen LogP contribution in [0.4, 0.5) is 19.0 Å². The molecule has 3 aromatic rings. The lowest BCUT2D eigenvalue weighted by molar-refractivity contribution is -0.141. The Morgan fingerprint density at radius 2 is 1.68 bits per heavy atom. The predicted octanol–water partition coefficient (Wildman–Crippen LogP) is 3.38. The molecule has 3 heterocycles. The molecule has 0 saturated carbocycles. The Kier molecular flexibility index (Phi) is 4.09. The lowest BCUT2D eigenvalue weighted by atomic mass is 10.3. The summed E-state index contributed by atoms with van der Waals surface area (Å²) in [4.78, 5) is 12.1. The number of hydrogen-bond acceptors (Lipinski definition) is 5. The third-order valence-electron chi connectivity index (χ3n) is 3.80. The smallest absolute Gasteiger partial charge is 0.363 e. The first-order valence-electron chi connectivity index (χ1n) is 7.64. The Balaban J connectivity index is 1.93. The van der Waals surface area contributed by atoms with Gasteiger partial charge < -0.3 is 5.32 Å². The van der Waals surface area contributed by atoms with Crippen molar-refractivity contribution in [2.24, 2.45) is 0 Å². The maximum atomic E-state index is 12.9. The first-order chi connectivity index (χ1) is 11.6. The fourth-order valence-electron chi connectivity index (χ4n) is 2.50. The number of rotatable bonds is 3. The Bertz CT molecular complexity index is 945. The second-order valence-corrected chi connectivity index (χ2v) is 5.89. The summed E-state index contributed by atoms with van der Waals surface area (Å²) >= 11 is 0. The van der Waals surface area contributed by atoms with Gasteiger partial charge >= 0.3 is 6.18 Å². The van der Waals surface area contributed by atoms with Crippen LogP contribution in [-0.2, 0) is 12.7 Å². The zero-order valence-corrected chi connectivity index (χ0v) is 14.2. The largest absolute Gasteiger partial charge is 0.433 e. The van der Waals surface area contributed by atoms with Gasteiger partial charge in [-0.2, -0.15) is 22.8 Å². The fourth-order valence-corrected chi connectivity index (χ4v) is 2.50. The van der Waals surface area contributed by atoms with E-state index in [4.69, 9.17) is 0 Å². The van der Waals surface area contributed by atoms with Crippen LogP contribution in [0.15, 0.2) is 12.1 Å². The molecule has 0 atom stereocenters. The molecule has 3 rings (SSSR count). The zero-order chi connectivity index (χ0) is 18.4. The van der Waals surface area contributed by atoms with Gasteiger partial charge in [0.25, 0.3) is 0 Å². The van der Waals surface area contributed by atoms with Crippen molar-refractivity contribution in [1.82, 2.24) is 24.6 Å². The van der Waals surface area contributed by atoms with Gasteiger partial charge in [-0.15, -0.1) is 0 Å². The number of nitrogens with zero attached hydrogens (tertiary/aromatic N) is 5. The van der Waals surface area contributed by atoms with Gasteiger partial charge in [-0.3, -0.25) is 0 Å². The number of aryl methyl sites for hydroxylation is 4. The first-order valence-corrected chi connectivity index (χ1v) is 7.64. The van der Waals surface area contributed by atoms with E-state index < -0.39 is 11.9 Å². The summed E-state index contributed by atoms with van der Waals surface area (Å²) in [6.07, 6.45) is -4.50. The quantitative estimate of drug-likeness (QED) is 0.784. The van der Waals surface area contributed by atoms with Crippen LogP contribution in [0.25, 0.3) is 5.65 Å². The molecule has 0 aliphatic heterocycles. The maximum absolute atomic E-state index is 12.9. The molecule has 6 nitrogen and oxygen atoms in total. The highest BCUT2D eigenvalue weighted by Crippen LogP contribution is 2.28. The van der Waals surface area contributed by atoms with Crippen molar-refractivity contribution in [1.29, 1.82) is 0 Å². The molecule has 0 spiro atoms. The van der Waals surface area contributed by atoms with E-state index in [1.165, 1.54) is 6.92 Å². The molecule has 0 aliphatic carbocycles. The van der Waals surface area contributed by atoms with Crippen LogP contribution in [-0.4, -0.2) is 24.6 Å². The Morgan fingerprint density at radius 3 is 2.36 bits per heavy atom. The van der Waals surface area contributed by atoms with Crippen molar-refractivity contribution in [2.75, 3.05) is 5.32 Å². The van der Waals surface area contributed by atoms with Crippen LogP contribution in [0.1, 0.15) is 34.2 Å². The highest BCUT2D eigenvalue weighted by Gasteiger charge is 2.33. The van der Waals surface area contributed by atoms with E-state index in [0.29, 0.717) is 11.5 Å². The maximum Gasteiger partial charge on any atom is 0.433 e. The van der Waals surface area contributed by atoms with Gasteiger partial charge in [0.15, 0.2) is 5.65 Å². The summed E-state index contributed by atoms with van der Waals surface area (Å²) in [5.74, 6) is 0.688. The summed E-state index contributed by atoms with van der Waals surface area (Å²) < 4.78 is 40.3. The van der Waals surface area contributed by atoms with E-state index in [-0.39, 0.29) is 18.1 Å². The third-order valence-corrected chi connectivity index (χ3v) is 3.80. The predicted molar refractivity (Wildman–Crippen MR) is 86.3 cm³/mol. The van der Waals surface area contributed by atoms with Crippen molar-refractivity contribution >= 4 is 11.5 Å². The van der Waals surface area contributed by atoms with Gasteiger partial charge in [0.2, 0.25) is 0 Å². The number of nitrogens with one attached hydrogen (secondary N) is 1. The van der Waals surface area contributed by atoms with E-state index in [0.717, 1.165) is 23.0 Å². The van der Waals surface area contributed by atoms with Crippen molar-refractivity contribution in [2.45, 2.75) is 40.4 Å². The molecule has 25 heavy (non-hydrogen) atoms. The molecule has 0 amide bonds. The lowest BCUT2D eigenvalue weighted by Crippen LogP contribution is -2.15. The summed E-state index contributed by atoms with van der Waals surface area (Å²) in [6, 6.07) is 2.71. The lowest BCUT2D eigenvalue weighted by Gasteiger charge is -2.11. The van der Waals surface area contributed by atoms with Crippen LogP contribution >= 0.6 is 0 Å². The molecule has 1 N–H and O–H groups in total. The van der Waals surface area contributed by atoms with Crippen LogP contribution in [0.2, 0.25) is 0 Å². The first kappa shape index (κ1) is 17.1. The summed E-state index contributed by atoms with van der Waals surface area (Å²) in [5.41, 5.74) is 2.60. The SMILES string of the molecule is Cc1cc(C(F)(F)F)nc(CNc2cc(C)nc3c(C)c(C)nn23)n1. The monoisotopic (exact) mass is 350 g/mol. The van der Waals surface area contributed by atoms with E-state index in [2.05, 4.69) is 25.4 Å². The molecular weight excluding hydrogens is 333 g/mol. The van der Waals surface area contributed by atoms with Gasteiger partial charge in [0.05, 0.1) is 12.2 Å². The second kappa shape index (κ2) is 5.98. The number of halogens is 3. The standard InChI is InChI=1S/C16H17F3N6/c1-8-5-12(16(17,18)19)23-13(21-8)7-20-14-6-9(2)22-15-10(3)11(4)24-25(14)15/h5-6,20H,7H2,1-4H3. The van der Waals surface area contributed by atoms with Gasteiger partial charge in [0.1, 0.15) is 17.3 Å². The zero-order valence-electron chi connectivity index (χ0n) is 14.2. The Morgan fingerprint density at radius 1 is 1.00 bits per heavy atom. The number of aromatic nitrogens is 5. The molecule has 0 aliphatic rings. The molecule has 0 saturated heterocycles. The van der Waals surface area contributed by atoms with Crippen LogP contribution in [0, 0.1) is 27.7 Å². The molecule has 0 fully saturated rings. The minimum atomic E-state index is -4.50. The van der Waals surface area contributed by atoms with Crippen molar-refractivity contribution < 1.29 is 13.2 Å². The number of alkyl halides is 3. The molecule has 3 aromatic heterocycles. The van der Waals surface area contributed by atoms with Crippen molar-refractivity contribution in [3.8, 4) is 0 Å². The molecule has 0 aromatic carbocycles. The average molecular weight is 350 g/mol. The highest BCUT2D eigenvalue weighted by atomic mass is 19.4. The van der Waals surface area contributed by atoms with Crippen molar-refractivity contribution in [3.63, 3.8) is 0 Å². The molecule has 9 heteroatoms. The minimum Gasteiger partial charge on any atom is -0.363 e. The molecule has 132 valence electrons. The molecular formula is C16H17F3N6. The van der Waals surface area contributed by atoms with Gasteiger partial charge in [-0.05, 0) is 33.8 Å². The van der Waals surface area contributed by atoms with Crippen molar-refractivity contribution in [3.05, 3.63) is 46.3 Å². The Hall–Kier alpha value is -2.71. The van der Waals surface area contributed by atoms with E-state index >= 15 is 0 Å². The number of fused-ring (bicyclic) bond motifs is 1. The topological polar surface area (TPSA) is 68.0 Å². The minimum absolute atomic E-state index is 0.0429. The average Bonchev–Trinajstić information content (AvgIpc) is 2.79. The summed E-state index contributed by atoms with van der Waals surface area (Å²) in [5, 5.41) is 7.47. The number of anilines is 1. The van der Waals surface area contributed by atoms with Crippen LogP contribution in [0.5, 0.6) is 0 Å². The Labute approximate surface area is 142 Å². The van der Waals surface area contributed by atoms with Crippen LogP contribution < -0.4 is 5.32 Å². The van der Waals surface area contributed by atoms with Gasteiger partial charge in [-0.25, -0.2) is 15.0 Å². The molecule has 0 bridgehead atoms. The third kappa shape index (κ3) is 3.40. The van der Waals surface area contributed by atoms with E-state index in [9.17, 15) is 13.2 Å². The van der Waals surface area contributed by atoms with E-state index in [1.54, 1.807) is 10.6 Å².